The number of aliphatic hydroxyl groups is 2. The van der Waals surface area contributed by atoms with Gasteiger partial charge in [-0.3, -0.25) is 4.79 Å². The molecule has 4 nitrogen and oxygen atoms in total. The van der Waals surface area contributed by atoms with Crippen molar-refractivity contribution in [3.8, 4) is 0 Å². The number of carbonyl (C=O) groups excluding carboxylic acids is 1. The molecule has 0 saturated heterocycles. The number of hydrogen-bond donors (Lipinski definition) is 3. The second-order valence-electron chi connectivity index (χ2n) is 22.2. The lowest BCUT2D eigenvalue weighted by Gasteiger charge is -2.22. The van der Waals surface area contributed by atoms with Crippen molar-refractivity contribution in [3.63, 3.8) is 0 Å². The minimum atomic E-state index is -0.665. The van der Waals surface area contributed by atoms with Gasteiger partial charge in [0.05, 0.1) is 18.8 Å². The first-order valence-electron chi connectivity index (χ1n) is 32.9. The predicted molar refractivity (Wildman–Crippen MR) is 336 cm³/mol. The van der Waals surface area contributed by atoms with Gasteiger partial charge in [-0.25, -0.2) is 0 Å². The van der Waals surface area contributed by atoms with Gasteiger partial charge >= 0.3 is 0 Å². The van der Waals surface area contributed by atoms with Gasteiger partial charge in [0, 0.05) is 6.42 Å². The van der Waals surface area contributed by atoms with Crippen molar-refractivity contribution in [2.24, 2.45) is 0 Å². The van der Waals surface area contributed by atoms with Gasteiger partial charge in [0.25, 0.3) is 0 Å². The molecule has 0 aliphatic rings. The fourth-order valence-electron chi connectivity index (χ4n) is 9.91. The number of amides is 1. The van der Waals surface area contributed by atoms with Crippen molar-refractivity contribution in [2.75, 3.05) is 6.61 Å². The van der Waals surface area contributed by atoms with Crippen LogP contribution in [-0.2, 0) is 4.79 Å². The number of unbranched alkanes of at least 4 members (excludes halogenated alkanes) is 37. The van der Waals surface area contributed by atoms with Gasteiger partial charge in [0.1, 0.15) is 0 Å². The molecule has 0 rings (SSSR count). The first-order chi connectivity index (χ1) is 37.2. The Labute approximate surface area is 468 Å². The fraction of sp³-hybridized carbons (Fsp3) is 0.761. The first-order valence-corrected chi connectivity index (χ1v) is 32.9. The smallest absolute Gasteiger partial charge is 0.220 e. The van der Waals surface area contributed by atoms with Crippen molar-refractivity contribution in [2.45, 2.75) is 341 Å². The maximum Gasteiger partial charge on any atom is 0.220 e. The summed E-state index contributed by atoms with van der Waals surface area (Å²) in [4.78, 5) is 12.5. The molecule has 0 aromatic heterocycles. The monoisotopic (exact) mass is 1040 g/mol. The largest absolute Gasteiger partial charge is 0.394 e. The maximum atomic E-state index is 12.5. The van der Waals surface area contributed by atoms with Crippen molar-refractivity contribution < 1.29 is 15.0 Å². The van der Waals surface area contributed by atoms with Crippen molar-refractivity contribution in [1.29, 1.82) is 0 Å². The zero-order valence-corrected chi connectivity index (χ0v) is 50.1. The number of nitrogens with one attached hydrogen (secondary N) is 1. The number of hydrogen-bond acceptors (Lipinski definition) is 3. The summed E-state index contributed by atoms with van der Waals surface area (Å²) < 4.78 is 0. The molecule has 0 bridgehead atoms. The van der Waals surface area contributed by atoms with Gasteiger partial charge in [-0.2, -0.15) is 0 Å². The molecule has 2 atom stereocenters. The molecule has 434 valence electrons. The topological polar surface area (TPSA) is 69.6 Å². The quantitative estimate of drug-likeness (QED) is 0.0420. The molecular weight excluding hydrogens is 915 g/mol. The molecule has 0 spiro atoms. The molecule has 1 amide bonds. The number of carbonyl (C=O) groups is 1. The van der Waals surface area contributed by atoms with Gasteiger partial charge in [-0.1, -0.05) is 342 Å². The zero-order valence-electron chi connectivity index (χ0n) is 50.1. The van der Waals surface area contributed by atoms with Gasteiger partial charge < -0.3 is 15.5 Å². The summed E-state index contributed by atoms with van der Waals surface area (Å²) in [6.45, 7) is 4.27. The Morgan fingerprint density at radius 3 is 0.880 bits per heavy atom. The standard InChI is InChI=1S/C71H127NO3/c1-3-5-7-9-11-13-15-17-19-21-23-25-27-29-30-31-32-33-34-35-36-37-38-39-40-41-42-43-45-47-49-51-53-55-57-59-61-63-65-67-71(75)72-69(68-73)70(74)66-64-62-60-58-56-54-52-50-48-46-44-28-26-24-22-20-18-16-14-12-10-8-6-4-2/h5,7,11,13,17,19,23,25,29-30,32-33,35-36,38-39,69-70,73-74H,3-4,6,8-10,12,14-16,18,20-22,24,26-28,31,34,37,40-68H2,1-2H3,(H,72,75)/b7-5-,13-11-,19-17-,25-23-,30-29-,33-32-,36-35-,39-38-. The van der Waals surface area contributed by atoms with E-state index < -0.39 is 12.1 Å². The SMILES string of the molecule is CC/C=C\C/C=C\C/C=C\C/C=C\C/C=C\C/C=C\C/C=C\C/C=C\CCCCCCCCCCCCCCCCC(=O)NC(CO)C(O)CCCCCCCCCCCCCCCCCCCCCCCCCC. The van der Waals surface area contributed by atoms with Gasteiger partial charge in [-0.15, -0.1) is 0 Å². The zero-order chi connectivity index (χ0) is 54.1. The lowest BCUT2D eigenvalue weighted by molar-refractivity contribution is -0.123. The Bertz CT molecular complexity index is 1370. The van der Waals surface area contributed by atoms with Crippen LogP contribution in [0.15, 0.2) is 97.2 Å². The summed E-state index contributed by atoms with van der Waals surface area (Å²) in [5.74, 6) is -0.0307. The summed E-state index contributed by atoms with van der Waals surface area (Å²) in [6.07, 6.45) is 97.2. The summed E-state index contributed by atoms with van der Waals surface area (Å²) >= 11 is 0. The average molecular weight is 1040 g/mol. The van der Waals surface area contributed by atoms with E-state index >= 15 is 0 Å². The fourth-order valence-corrected chi connectivity index (χ4v) is 9.91. The summed E-state index contributed by atoms with van der Waals surface area (Å²) in [7, 11) is 0. The van der Waals surface area contributed by atoms with Crippen LogP contribution in [0.1, 0.15) is 328 Å². The van der Waals surface area contributed by atoms with Gasteiger partial charge in [0.15, 0.2) is 0 Å². The van der Waals surface area contributed by atoms with E-state index in [0.29, 0.717) is 12.8 Å². The Kier molecular flexibility index (Phi) is 63.2. The third kappa shape index (κ3) is 62.0. The van der Waals surface area contributed by atoms with Crippen molar-refractivity contribution in [1.82, 2.24) is 5.32 Å². The third-order valence-corrected chi connectivity index (χ3v) is 14.9. The summed E-state index contributed by atoms with van der Waals surface area (Å²) in [5, 5.41) is 23.4. The lowest BCUT2D eigenvalue weighted by Crippen LogP contribution is -2.45. The molecule has 3 N–H and O–H groups in total. The molecule has 0 radical (unpaired) electrons. The van der Waals surface area contributed by atoms with E-state index in [-0.39, 0.29) is 12.5 Å². The van der Waals surface area contributed by atoms with Gasteiger partial charge in [0.2, 0.25) is 5.91 Å². The maximum absolute atomic E-state index is 12.5. The van der Waals surface area contributed by atoms with Gasteiger partial charge in [-0.05, 0) is 77.0 Å². The van der Waals surface area contributed by atoms with E-state index in [1.54, 1.807) is 0 Å². The van der Waals surface area contributed by atoms with Crippen LogP contribution in [0.3, 0.4) is 0 Å². The van der Waals surface area contributed by atoms with Crippen LogP contribution < -0.4 is 5.32 Å². The molecule has 4 heteroatoms. The Balaban J connectivity index is 3.49. The first kappa shape index (κ1) is 72.3. The molecule has 0 aliphatic heterocycles. The minimum absolute atomic E-state index is 0.0307. The van der Waals surface area contributed by atoms with E-state index in [0.717, 1.165) is 77.0 Å². The number of allylic oxidation sites excluding steroid dienone is 16. The average Bonchev–Trinajstić information content (AvgIpc) is 3.41. The second kappa shape index (κ2) is 65.6. The Morgan fingerprint density at radius 1 is 0.333 bits per heavy atom. The summed E-state index contributed by atoms with van der Waals surface area (Å²) in [5.41, 5.74) is 0. The highest BCUT2D eigenvalue weighted by Crippen LogP contribution is 2.18. The molecule has 2 unspecified atom stereocenters. The van der Waals surface area contributed by atoms with Crippen LogP contribution in [0.4, 0.5) is 0 Å². The third-order valence-electron chi connectivity index (χ3n) is 14.9. The molecule has 0 fully saturated rings. The van der Waals surface area contributed by atoms with E-state index in [4.69, 9.17) is 0 Å². The van der Waals surface area contributed by atoms with E-state index in [1.807, 2.05) is 0 Å². The van der Waals surface area contributed by atoms with Crippen LogP contribution >= 0.6 is 0 Å². The Hall–Kier alpha value is -2.69. The molecule has 75 heavy (non-hydrogen) atoms. The molecular formula is C71H127NO3. The second-order valence-corrected chi connectivity index (χ2v) is 22.2. The number of rotatable bonds is 60. The summed E-state index contributed by atoms with van der Waals surface area (Å²) in [6, 6.07) is -0.542. The molecule has 0 aromatic carbocycles. The van der Waals surface area contributed by atoms with E-state index in [1.165, 1.54) is 225 Å². The van der Waals surface area contributed by atoms with Crippen LogP contribution in [-0.4, -0.2) is 34.9 Å². The highest BCUT2D eigenvalue weighted by atomic mass is 16.3. The Morgan fingerprint density at radius 2 is 0.587 bits per heavy atom. The molecule has 0 saturated carbocycles. The molecule has 0 aromatic rings. The molecule has 0 aliphatic carbocycles. The van der Waals surface area contributed by atoms with Crippen molar-refractivity contribution >= 4 is 5.91 Å². The van der Waals surface area contributed by atoms with Crippen LogP contribution in [0.5, 0.6) is 0 Å². The van der Waals surface area contributed by atoms with E-state index in [2.05, 4.69) is 116 Å². The highest BCUT2D eigenvalue weighted by molar-refractivity contribution is 5.76. The lowest BCUT2D eigenvalue weighted by atomic mass is 10.0. The van der Waals surface area contributed by atoms with Crippen LogP contribution in [0.2, 0.25) is 0 Å². The highest BCUT2D eigenvalue weighted by Gasteiger charge is 2.20. The van der Waals surface area contributed by atoms with Crippen LogP contribution in [0, 0.1) is 0 Å². The van der Waals surface area contributed by atoms with Crippen molar-refractivity contribution in [3.05, 3.63) is 97.2 Å². The minimum Gasteiger partial charge on any atom is -0.394 e. The normalized spacial score (nSPS) is 13.4. The predicted octanol–water partition coefficient (Wildman–Crippen LogP) is 22.4. The van der Waals surface area contributed by atoms with E-state index in [9.17, 15) is 15.0 Å². The van der Waals surface area contributed by atoms with Crippen LogP contribution in [0.25, 0.3) is 0 Å². The number of aliphatic hydroxyl groups excluding tert-OH is 2. The molecule has 0 heterocycles.